The number of rotatable bonds is 6. The minimum absolute atomic E-state index is 0.639. The van der Waals surface area contributed by atoms with Gasteiger partial charge in [-0.1, -0.05) is 33.6 Å². The lowest BCUT2D eigenvalue weighted by atomic mass is 9.99. The summed E-state index contributed by atoms with van der Waals surface area (Å²) in [4.78, 5) is 0. The molecule has 2 fully saturated rings. The summed E-state index contributed by atoms with van der Waals surface area (Å²) in [6, 6.07) is 0.831. The molecular formula is C13H25N. The van der Waals surface area contributed by atoms with Crippen LogP contribution in [-0.4, -0.2) is 12.6 Å². The molecule has 2 rings (SSSR count). The van der Waals surface area contributed by atoms with Gasteiger partial charge >= 0.3 is 0 Å². The molecule has 14 heavy (non-hydrogen) atoms. The molecule has 0 heterocycles. The Kier molecular flexibility index (Phi) is 2.88. The van der Waals surface area contributed by atoms with Crippen molar-refractivity contribution in [2.24, 2.45) is 17.3 Å². The summed E-state index contributed by atoms with van der Waals surface area (Å²) in [6.45, 7) is 8.32. The topological polar surface area (TPSA) is 12.0 Å². The Bertz CT molecular complexity index is 193. The van der Waals surface area contributed by atoms with Crippen LogP contribution in [0.3, 0.4) is 0 Å². The first kappa shape index (κ1) is 10.5. The minimum atomic E-state index is 0.639. The van der Waals surface area contributed by atoms with Gasteiger partial charge in [-0.25, -0.2) is 0 Å². The standard InChI is InChI=1S/C13H25N/c1-4-7-14-12(8-10-5-6-10)11-9-13(11,2)3/h10-12,14H,4-9H2,1-3H3. The Morgan fingerprint density at radius 2 is 2.00 bits per heavy atom. The molecule has 2 saturated carbocycles. The van der Waals surface area contributed by atoms with E-state index in [1.54, 1.807) is 0 Å². The average Bonchev–Trinajstić information content (AvgIpc) is 2.98. The van der Waals surface area contributed by atoms with Crippen molar-refractivity contribution in [2.75, 3.05) is 6.54 Å². The van der Waals surface area contributed by atoms with E-state index in [0.717, 1.165) is 17.9 Å². The number of hydrogen-bond donors (Lipinski definition) is 1. The molecule has 0 aromatic heterocycles. The lowest BCUT2D eigenvalue weighted by molar-refractivity contribution is 0.371. The van der Waals surface area contributed by atoms with Crippen LogP contribution in [0.2, 0.25) is 0 Å². The van der Waals surface area contributed by atoms with Crippen molar-refractivity contribution in [1.29, 1.82) is 0 Å². The maximum Gasteiger partial charge on any atom is 0.0103 e. The first-order valence-corrected chi connectivity index (χ1v) is 6.37. The van der Waals surface area contributed by atoms with E-state index < -0.39 is 0 Å². The molecule has 2 atom stereocenters. The second kappa shape index (κ2) is 3.84. The number of nitrogens with one attached hydrogen (secondary N) is 1. The van der Waals surface area contributed by atoms with Gasteiger partial charge in [0.25, 0.3) is 0 Å². The Morgan fingerprint density at radius 3 is 2.43 bits per heavy atom. The van der Waals surface area contributed by atoms with Crippen LogP contribution in [0.25, 0.3) is 0 Å². The van der Waals surface area contributed by atoms with E-state index in [0.29, 0.717) is 5.41 Å². The molecule has 0 spiro atoms. The van der Waals surface area contributed by atoms with Crippen molar-refractivity contribution < 1.29 is 0 Å². The molecule has 2 unspecified atom stereocenters. The van der Waals surface area contributed by atoms with Crippen LogP contribution in [0.5, 0.6) is 0 Å². The molecule has 2 aliphatic rings. The lowest BCUT2D eigenvalue weighted by Crippen LogP contribution is -2.33. The van der Waals surface area contributed by atoms with Crippen LogP contribution in [0, 0.1) is 17.3 Å². The smallest absolute Gasteiger partial charge is 0.0103 e. The van der Waals surface area contributed by atoms with Gasteiger partial charge in [-0.05, 0) is 43.1 Å². The van der Waals surface area contributed by atoms with E-state index >= 15 is 0 Å². The van der Waals surface area contributed by atoms with Gasteiger partial charge in [0.2, 0.25) is 0 Å². The van der Waals surface area contributed by atoms with Gasteiger partial charge in [0.05, 0.1) is 0 Å². The van der Waals surface area contributed by atoms with Crippen LogP contribution in [0.15, 0.2) is 0 Å². The van der Waals surface area contributed by atoms with Gasteiger partial charge in [0.1, 0.15) is 0 Å². The van der Waals surface area contributed by atoms with Gasteiger partial charge in [-0.15, -0.1) is 0 Å². The highest BCUT2D eigenvalue weighted by molar-refractivity contribution is 5.02. The van der Waals surface area contributed by atoms with E-state index in [9.17, 15) is 0 Å². The monoisotopic (exact) mass is 195 g/mol. The Hall–Kier alpha value is -0.0400. The molecule has 0 aliphatic heterocycles. The van der Waals surface area contributed by atoms with Crippen LogP contribution in [0.4, 0.5) is 0 Å². The van der Waals surface area contributed by atoms with E-state index in [1.165, 1.54) is 38.6 Å². The predicted octanol–water partition coefficient (Wildman–Crippen LogP) is 3.20. The van der Waals surface area contributed by atoms with Crippen molar-refractivity contribution >= 4 is 0 Å². The molecular weight excluding hydrogens is 170 g/mol. The van der Waals surface area contributed by atoms with Crippen molar-refractivity contribution in [3.63, 3.8) is 0 Å². The maximum absolute atomic E-state index is 3.76. The molecule has 1 N–H and O–H groups in total. The van der Waals surface area contributed by atoms with E-state index in [4.69, 9.17) is 0 Å². The Balaban J connectivity index is 1.79. The van der Waals surface area contributed by atoms with E-state index in [-0.39, 0.29) is 0 Å². The SMILES string of the molecule is CCCNC(CC1CC1)C1CC1(C)C. The second-order valence-electron chi connectivity index (χ2n) is 6.04. The van der Waals surface area contributed by atoms with Gasteiger partial charge in [-0.3, -0.25) is 0 Å². The maximum atomic E-state index is 3.76. The molecule has 1 heteroatoms. The van der Waals surface area contributed by atoms with Gasteiger partial charge in [0.15, 0.2) is 0 Å². The zero-order chi connectivity index (χ0) is 10.2. The summed E-state index contributed by atoms with van der Waals surface area (Å²) >= 11 is 0. The molecule has 2 aliphatic carbocycles. The van der Waals surface area contributed by atoms with Gasteiger partial charge in [-0.2, -0.15) is 0 Å². The second-order valence-corrected chi connectivity index (χ2v) is 6.04. The summed E-state index contributed by atoms with van der Waals surface area (Å²) in [5, 5.41) is 3.76. The van der Waals surface area contributed by atoms with Crippen molar-refractivity contribution in [3.8, 4) is 0 Å². The third kappa shape index (κ3) is 2.50. The fraction of sp³-hybridized carbons (Fsp3) is 1.00. The molecule has 0 aromatic carbocycles. The van der Waals surface area contributed by atoms with Crippen LogP contribution >= 0.6 is 0 Å². The zero-order valence-electron chi connectivity index (χ0n) is 9.97. The predicted molar refractivity (Wildman–Crippen MR) is 61.3 cm³/mol. The summed E-state index contributed by atoms with van der Waals surface area (Å²) in [7, 11) is 0. The molecule has 82 valence electrons. The zero-order valence-corrected chi connectivity index (χ0v) is 9.97. The highest BCUT2D eigenvalue weighted by atomic mass is 14.9. The van der Waals surface area contributed by atoms with Gasteiger partial charge in [0, 0.05) is 6.04 Å². The lowest BCUT2D eigenvalue weighted by Gasteiger charge is -2.20. The Labute approximate surface area is 88.7 Å². The summed E-state index contributed by atoms with van der Waals surface area (Å²) in [6.07, 6.45) is 7.17. The normalized spacial score (nSPS) is 31.5. The fourth-order valence-electron chi connectivity index (χ4n) is 2.63. The molecule has 0 bridgehead atoms. The molecule has 0 saturated heterocycles. The molecule has 0 radical (unpaired) electrons. The van der Waals surface area contributed by atoms with Crippen LogP contribution in [-0.2, 0) is 0 Å². The third-order valence-corrected chi connectivity index (χ3v) is 4.02. The van der Waals surface area contributed by atoms with Crippen molar-refractivity contribution in [3.05, 3.63) is 0 Å². The van der Waals surface area contributed by atoms with Crippen LogP contribution < -0.4 is 5.32 Å². The van der Waals surface area contributed by atoms with Crippen LogP contribution in [0.1, 0.15) is 52.9 Å². The Morgan fingerprint density at radius 1 is 1.36 bits per heavy atom. The quantitative estimate of drug-likeness (QED) is 0.686. The summed E-state index contributed by atoms with van der Waals surface area (Å²) in [5.41, 5.74) is 0.639. The van der Waals surface area contributed by atoms with E-state index in [2.05, 4.69) is 26.1 Å². The van der Waals surface area contributed by atoms with Crippen molar-refractivity contribution in [2.45, 2.75) is 58.9 Å². The molecule has 0 amide bonds. The molecule has 0 aromatic rings. The molecule has 1 nitrogen and oxygen atoms in total. The minimum Gasteiger partial charge on any atom is -0.314 e. The summed E-state index contributed by atoms with van der Waals surface area (Å²) in [5.74, 6) is 2.04. The van der Waals surface area contributed by atoms with Crippen molar-refractivity contribution in [1.82, 2.24) is 5.32 Å². The number of hydrogen-bond acceptors (Lipinski definition) is 1. The average molecular weight is 195 g/mol. The largest absolute Gasteiger partial charge is 0.314 e. The highest BCUT2D eigenvalue weighted by Gasteiger charge is 2.50. The first-order valence-electron chi connectivity index (χ1n) is 6.37. The fourth-order valence-corrected chi connectivity index (χ4v) is 2.63. The van der Waals surface area contributed by atoms with Gasteiger partial charge < -0.3 is 5.32 Å². The summed E-state index contributed by atoms with van der Waals surface area (Å²) < 4.78 is 0. The van der Waals surface area contributed by atoms with E-state index in [1.807, 2.05) is 0 Å². The highest BCUT2D eigenvalue weighted by Crippen LogP contribution is 2.55. The first-order chi connectivity index (χ1) is 6.63. The third-order valence-electron chi connectivity index (χ3n) is 4.02.